The van der Waals surface area contributed by atoms with Gasteiger partial charge in [-0.25, -0.2) is 10.9 Å². The zero-order valence-electron chi connectivity index (χ0n) is 9.69. The normalized spacial score (nSPS) is 50.4. The second kappa shape index (κ2) is 2.37. The van der Waals surface area contributed by atoms with Gasteiger partial charge < -0.3 is 0 Å². The summed E-state index contributed by atoms with van der Waals surface area (Å²) in [6.45, 7) is 0. The third-order valence-electron chi connectivity index (χ3n) is 5.54. The van der Waals surface area contributed by atoms with E-state index in [1.165, 1.54) is 0 Å². The van der Waals surface area contributed by atoms with Crippen LogP contribution in [-0.2, 0) is 9.59 Å². The number of hydrogen-bond donors (Lipinski definition) is 2. The number of hydrogen-bond acceptors (Lipinski definition) is 4. The molecule has 18 heavy (non-hydrogen) atoms. The predicted molar refractivity (Wildman–Crippen MR) is 61.5 cm³/mol. The van der Waals surface area contributed by atoms with Crippen molar-refractivity contribution in [3.8, 4) is 0 Å². The van der Waals surface area contributed by atoms with E-state index < -0.39 is 10.8 Å². The Balaban J connectivity index is 1.78. The first-order chi connectivity index (χ1) is 8.66. The van der Waals surface area contributed by atoms with Crippen LogP contribution < -0.4 is 10.9 Å². The average molecular weight is 244 g/mol. The number of nitrogens with one attached hydrogen (secondary N) is 2. The van der Waals surface area contributed by atoms with E-state index in [0.717, 1.165) is 30.7 Å². The lowest BCUT2D eigenvalue weighted by Gasteiger charge is -2.57. The molecule has 6 aliphatic rings. The monoisotopic (exact) mass is 244 g/mol. The molecule has 6 nitrogen and oxygen atoms in total. The zero-order valence-corrected chi connectivity index (χ0v) is 9.69. The van der Waals surface area contributed by atoms with Crippen molar-refractivity contribution in [1.82, 2.24) is 10.9 Å². The Morgan fingerprint density at radius 1 is 0.944 bits per heavy atom. The first-order valence-electron chi connectivity index (χ1n) is 6.43. The van der Waals surface area contributed by atoms with Crippen molar-refractivity contribution in [3.63, 3.8) is 0 Å². The van der Waals surface area contributed by atoms with Crippen LogP contribution in [0.25, 0.3) is 0 Å². The fraction of sp³-hybridized carbons (Fsp3) is 0.667. The van der Waals surface area contributed by atoms with Crippen LogP contribution in [0.3, 0.4) is 0 Å². The lowest BCUT2D eigenvalue weighted by molar-refractivity contribution is -0.136. The van der Waals surface area contributed by atoms with Crippen molar-refractivity contribution < 1.29 is 9.59 Å². The number of nitrogens with zero attached hydrogens (tertiary/aromatic N) is 2. The van der Waals surface area contributed by atoms with Gasteiger partial charge in [-0.2, -0.15) is 10.2 Å². The minimum Gasteiger partial charge on any atom is -0.272 e. The second-order valence-electron chi connectivity index (χ2n) is 6.25. The van der Waals surface area contributed by atoms with E-state index in [-0.39, 0.29) is 23.7 Å². The predicted octanol–water partition coefficient (Wildman–Crippen LogP) is -0.236. The van der Waals surface area contributed by atoms with E-state index in [0.29, 0.717) is 6.42 Å². The smallest absolute Gasteiger partial charge is 0.252 e. The average Bonchev–Trinajstić information content (AvgIpc) is 2.82. The Morgan fingerprint density at radius 2 is 1.44 bits per heavy atom. The third kappa shape index (κ3) is 0.693. The molecule has 92 valence electrons. The van der Waals surface area contributed by atoms with E-state index in [1.54, 1.807) is 0 Å². The molecule has 2 spiro atoms. The molecular weight excluding hydrogens is 232 g/mol. The van der Waals surface area contributed by atoms with Gasteiger partial charge in [-0.1, -0.05) is 0 Å². The van der Waals surface area contributed by atoms with Gasteiger partial charge in [0.2, 0.25) is 0 Å². The molecule has 2 amide bonds. The van der Waals surface area contributed by atoms with Crippen LogP contribution in [0.2, 0.25) is 0 Å². The molecule has 2 heterocycles. The highest BCUT2D eigenvalue weighted by Gasteiger charge is 2.71. The second-order valence-corrected chi connectivity index (χ2v) is 6.25. The van der Waals surface area contributed by atoms with Gasteiger partial charge in [0.05, 0.1) is 22.3 Å². The highest BCUT2D eigenvalue weighted by atomic mass is 16.2. The Kier molecular flexibility index (Phi) is 1.22. The summed E-state index contributed by atoms with van der Waals surface area (Å²) in [7, 11) is 0. The summed E-state index contributed by atoms with van der Waals surface area (Å²) in [6.07, 6.45) is 3.13. The molecule has 0 saturated heterocycles. The van der Waals surface area contributed by atoms with Gasteiger partial charge in [-0.3, -0.25) is 9.59 Å². The topological polar surface area (TPSA) is 82.9 Å². The molecule has 0 aromatic carbocycles. The standard InChI is InChI=1S/C12H12N4O2/c17-9-11-2-5-1-6(8(11)14-15-9)3-12(4-11)7(5)13-16-10(12)18/h5-6H,1-4H2,(H,15,17)(H,16,18)/t5-,6+,11-,12-/m1/s1. The van der Waals surface area contributed by atoms with Gasteiger partial charge in [-0.05, 0) is 25.7 Å². The largest absolute Gasteiger partial charge is 0.272 e. The highest BCUT2D eigenvalue weighted by Crippen LogP contribution is 2.64. The number of carbonyl (C=O) groups excluding carboxylic acids is 2. The van der Waals surface area contributed by atoms with Crippen LogP contribution in [-0.4, -0.2) is 23.2 Å². The summed E-state index contributed by atoms with van der Waals surface area (Å²) >= 11 is 0. The number of amides is 2. The minimum absolute atomic E-state index is 0.00924. The van der Waals surface area contributed by atoms with Crippen LogP contribution in [0.1, 0.15) is 25.7 Å². The molecule has 0 aromatic heterocycles. The number of hydrazone groups is 2. The van der Waals surface area contributed by atoms with Gasteiger partial charge in [0, 0.05) is 11.8 Å². The maximum atomic E-state index is 12.2. The van der Waals surface area contributed by atoms with Gasteiger partial charge >= 0.3 is 0 Å². The molecule has 4 fully saturated rings. The maximum absolute atomic E-state index is 12.2. The van der Waals surface area contributed by atoms with Crippen LogP contribution in [0, 0.1) is 22.7 Å². The van der Waals surface area contributed by atoms with E-state index >= 15 is 0 Å². The summed E-state index contributed by atoms with van der Waals surface area (Å²) < 4.78 is 0. The Morgan fingerprint density at radius 3 is 1.94 bits per heavy atom. The van der Waals surface area contributed by atoms with Crippen molar-refractivity contribution in [2.75, 3.05) is 0 Å². The van der Waals surface area contributed by atoms with Crippen LogP contribution >= 0.6 is 0 Å². The summed E-state index contributed by atoms with van der Waals surface area (Å²) in [4.78, 5) is 24.4. The first kappa shape index (κ1) is 9.24. The molecule has 0 unspecified atom stereocenters. The van der Waals surface area contributed by atoms with E-state index in [2.05, 4.69) is 21.1 Å². The highest BCUT2D eigenvalue weighted by molar-refractivity contribution is 6.23. The molecule has 4 bridgehead atoms. The zero-order chi connectivity index (χ0) is 12.1. The van der Waals surface area contributed by atoms with Gasteiger partial charge in [0.1, 0.15) is 0 Å². The summed E-state index contributed by atoms with van der Waals surface area (Å²) in [5, 5.41) is 8.50. The Bertz CT molecular complexity index is 545. The molecule has 4 saturated carbocycles. The third-order valence-corrected chi connectivity index (χ3v) is 5.54. The van der Waals surface area contributed by atoms with E-state index in [9.17, 15) is 9.59 Å². The fourth-order valence-electron chi connectivity index (χ4n) is 5.01. The van der Waals surface area contributed by atoms with Crippen LogP contribution in [0.5, 0.6) is 0 Å². The van der Waals surface area contributed by atoms with Crippen molar-refractivity contribution >= 4 is 23.2 Å². The first-order valence-corrected chi connectivity index (χ1v) is 6.43. The Hall–Kier alpha value is -1.72. The molecule has 2 aliphatic heterocycles. The summed E-state index contributed by atoms with van der Waals surface area (Å²) in [5.41, 5.74) is 6.27. The molecule has 6 rings (SSSR count). The fourth-order valence-corrected chi connectivity index (χ4v) is 5.01. The molecule has 0 radical (unpaired) electrons. The minimum atomic E-state index is -0.507. The van der Waals surface area contributed by atoms with Crippen molar-refractivity contribution in [1.29, 1.82) is 0 Å². The lowest BCUT2D eigenvalue weighted by atomic mass is 9.42. The summed E-state index contributed by atoms with van der Waals surface area (Å²) in [6, 6.07) is 0. The van der Waals surface area contributed by atoms with Crippen molar-refractivity contribution in [2.24, 2.45) is 32.9 Å². The van der Waals surface area contributed by atoms with Crippen molar-refractivity contribution in [3.05, 3.63) is 0 Å². The maximum Gasteiger partial charge on any atom is 0.252 e. The molecule has 6 heteroatoms. The Labute approximate surface area is 103 Å². The van der Waals surface area contributed by atoms with E-state index in [4.69, 9.17) is 0 Å². The molecule has 4 atom stereocenters. The van der Waals surface area contributed by atoms with Crippen LogP contribution in [0.15, 0.2) is 10.2 Å². The molecule has 2 N–H and O–H groups in total. The molecule has 4 aliphatic carbocycles. The molecule has 0 aromatic rings. The number of carbonyl (C=O) groups is 2. The van der Waals surface area contributed by atoms with Gasteiger partial charge in [0.25, 0.3) is 11.8 Å². The lowest BCUT2D eigenvalue weighted by Crippen LogP contribution is -2.65. The SMILES string of the molecule is O=C1NN=C2[C@@H]3C[C@H]4C[C@]12C[C@@]1(C3)C(=O)NN=C41. The quantitative estimate of drug-likeness (QED) is 0.616. The molecular formula is C12H12N4O2. The van der Waals surface area contributed by atoms with Gasteiger partial charge in [0.15, 0.2) is 0 Å². The number of rotatable bonds is 0. The van der Waals surface area contributed by atoms with Crippen LogP contribution in [0.4, 0.5) is 0 Å². The summed E-state index contributed by atoms with van der Waals surface area (Å²) in [5.74, 6) is 0.536. The van der Waals surface area contributed by atoms with E-state index in [1.807, 2.05) is 0 Å². The van der Waals surface area contributed by atoms with Gasteiger partial charge in [-0.15, -0.1) is 0 Å². The van der Waals surface area contributed by atoms with Crippen molar-refractivity contribution in [2.45, 2.75) is 25.7 Å².